The van der Waals surface area contributed by atoms with Crippen molar-refractivity contribution in [3.63, 3.8) is 0 Å². The zero-order valence-corrected chi connectivity index (χ0v) is 11.5. The van der Waals surface area contributed by atoms with E-state index >= 15 is 0 Å². The van der Waals surface area contributed by atoms with E-state index in [4.69, 9.17) is 16.1 Å². The maximum absolute atomic E-state index is 12.0. The van der Waals surface area contributed by atoms with Crippen molar-refractivity contribution >= 4 is 17.5 Å². The maximum atomic E-state index is 12.0. The van der Waals surface area contributed by atoms with Gasteiger partial charge in [-0.3, -0.25) is 4.79 Å². The molecule has 0 aliphatic heterocycles. The number of carbonyl (C=O) groups excluding carboxylic acids is 1. The van der Waals surface area contributed by atoms with Gasteiger partial charge in [0.25, 0.3) is 5.91 Å². The van der Waals surface area contributed by atoms with Crippen LogP contribution in [0.15, 0.2) is 16.9 Å². The molecule has 1 unspecified atom stereocenters. The highest BCUT2D eigenvalue weighted by Gasteiger charge is 2.19. The van der Waals surface area contributed by atoms with Gasteiger partial charge in [-0.15, -0.1) is 0 Å². The highest BCUT2D eigenvalue weighted by molar-refractivity contribution is 6.29. The van der Waals surface area contributed by atoms with Crippen molar-refractivity contribution in [2.24, 2.45) is 0 Å². The molecule has 2 rings (SSSR count). The van der Waals surface area contributed by atoms with Gasteiger partial charge in [0.1, 0.15) is 16.6 Å². The van der Waals surface area contributed by atoms with E-state index in [0.29, 0.717) is 5.76 Å². The number of amides is 1. The van der Waals surface area contributed by atoms with Gasteiger partial charge in [0.15, 0.2) is 0 Å². The van der Waals surface area contributed by atoms with Crippen molar-refractivity contribution in [3.8, 4) is 0 Å². The van der Waals surface area contributed by atoms with E-state index in [1.807, 2.05) is 13.8 Å². The predicted molar refractivity (Wildman–Crippen MR) is 68.9 cm³/mol. The molecule has 0 saturated carbocycles. The number of aromatic nitrogens is 3. The largest absolute Gasteiger partial charge is 0.361 e. The standard InChI is InChI=1S/C12H13ClN4O2/c1-6(11-7(2)17-19-8(11)3)16-12(18)9-4-15-10(13)5-14-9/h4-6H,1-3H3,(H,16,18). The second-order valence-electron chi connectivity index (χ2n) is 4.16. The fourth-order valence-corrected chi connectivity index (χ4v) is 1.98. The molecule has 1 N–H and O–H groups in total. The molecule has 0 saturated heterocycles. The molecule has 2 aromatic heterocycles. The summed E-state index contributed by atoms with van der Waals surface area (Å²) in [5.74, 6) is 0.365. The van der Waals surface area contributed by atoms with Crippen LogP contribution in [-0.2, 0) is 0 Å². The first-order valence-electron chi connectivity index (χ1n) is 5.70. The summed E-state index contributed by atoms with van der Waals surface area (Å²) < 4.78 is 5.07. The van der Waals surface area contributed by atoms with Crippen molar-refractivity contribution in [3.05, 3.63) is 40.3 Å². The number of hydrogen-bond acceptors (Lipinski definition) is 5. The molecule has 100 valence electrons. The summed E-state index contributed by atoms with van der Waals surface area (Å²) in [5, 5.41) is 6.92. The first-order chi connectivity index (χ1) is 8.99. The highest BCUT2D eigenvalue weighted by Crippen LogP contribution is 2.21. The first-order valence-corrected chi connectivity index (χ1v) is 6.08. The third-order valence-electron chi connectivity index (χ3n) is 2.72. The lowest BCUT2D eigenvalue weighted by Crippen LogP contribution is -2.28. The molecule has 2 aromatic rings. The predicted octanol–water partition coefficient (Wildman–Crippen LogP) is 2.23. The van der Waals surface area contributed by atoms with E-state index in [9.17, 15) is 4.79 Å². The number of aryl methyl sites for hydroxylation is 2. The number of halogens is 1. The molecular weight excluding hydrogens is 268 g/mol. The summed E-state index contributed by atoms with van der Waals surface area (Å²) >= 11 is 5.62. The molecule has 0 aliphatic carbocycles. The van der Waals surface area contributed by atoms with Gasteiger partial charge in [-0.25, -0.2) is 9.97 Å². The molecule has 1 amide bonds. The fourth-order valence-electron chi connectivity index (χ4n) is 1.88. The second-order valence-corrected chi connectivity index (χ2v) is 4.54. The molecule has 1 atom stereocenters. The van der Waals surface area contributed by atoms with Gasteiger partial charge in [-0.1, -0.05) is 16.8 Å². The molecule has 0 aliphatic rings. The van der Waals surface area contributed by atoms with Crippen molar-refractivity contribution < 1.29 is 9.32 Å². The highest BCUT2D eigenvalue weighted by atomic mass is 35.5. The van der Waals surface area contributed by atoms with Crippen LogP contribution in [0.3, 0.4) is 0 Å². The van der Waals surface area contributed by atoms with Crippen LogP contribution in [0, 0.1) is 13.8 Å². The van der Waals surface area contributed by atoms with Gasteiger partial charge < -0.3 is 9.84 Å². The van der Waals surface area contributed by atoms with Crippen LogP contribution in [0.25, 0.3) is 0 Å². The molecule has 0 aromatic carbocycles. The van der Waals surface area contributed by atoms with E-state index in [0.717, 1.165) is 11.3 Å². The van der Waals surface area contributed by atoms with Gasteiger partial charge in [0.2, 0.25) is 0 Å². The SMILES string of the molecule is Cc1noc(C)c1C(C)NC(=O)c1cnc(Cl)cn1. The van der Waals surface area contributed by atoms with Crippen LogP contribution in [0.1, 0.15) is 40.5 Å². The zero-order valence-electron chi connectivity index (χ0n) is 10.8. The third-order valence-corrected chi connectivity index (χ3v) is 2.92. The summed E-state index contributed by atoms with van der Waals surface area (Å²) in [6.07, 6.45) is 2.66. The van der Waals surface area contributed by atoms with Crippen LogP contribution >= 0.6 is 11.6 Å². The summed E-state index contributed by atoms with van der Waals surface area (Å²) in [4.78, 5) is 19.7. The Morgan fingerprint density at radius 2 is 2.11 bits per heavy atom. The Hall–Kier alpha value is -1.95. The fraction of sp³-hybridized carbons (Fsp3) is 0.333. The lowest BCUT2D eigenvalue weighted by Gasteiger charge is -2.13. The van der Waals surface area contributed by atoms with E-state index in [1.165, 1.54) is 12.4 Å². The van der Waals surface area contributed by atoms with Gasteiger partial charge in [-0.2, -0.15) is 0 Å². The van der Waals surface area contributed by atoms with Crippen molar-refractivity contribution in [2.75, 3.05) is 0 Å². The Balaban J connectivity index is 2.13. The number of nitrogens with zero attached hydrogens (tertiary/aromatic N) is 3. The Kier molecular flexibility index (Phi) is 3.80. The maximum Gasteiger partial charge on any atom is 0.271 e. The molecule has 7 heteroatoms. The summed E-state index contributed by atoms with van der Waals surface area (Å²) in [6, 6.07) is -0.226. The summed E-state index contributed by atoms with van der Waals surface area (Å²) in [6.45, 7) is 5.49. The molecule has 6 nitrogen and oxygen atoms in total. The van der Waals surface area contributed by atoms with E-state index in [2.05, 4.69) is 20.4 Å². The van der Waals surface area contributed by atoms with E-state index < -0.39 is 0 Å². The van der Waals surface area contributed by atoms with Gasteiger partial charge in [0, 0.05) is 5.56 Å². The quantitative estimate of drug-likeness (QED) is 0.932. The van der Waals surface area contributed by atoms with Crippen molar-refractivity contribution in [1.82, 2.24) is 20.4 Å². The smallest absolute Gasteiger partial charge is 0.271 e. The van der Waals surface area contributed by atoms with Crippen molar-refractivity contribution in [2.45, 2.75) is 26.8 Å². The second kappa shape index (κ2) is 5.36. The Morgan fingerprint density at radius 1 is 1.37 bits per heavy atom. The summed E-state index contributed by atoms with van der Waals surface area (Å²) in [5.41, 5.74) is 1.84. The number of nitrogens with one attached hydrogen (secondary N) is 1. The average molecular weight is 281 g/mol. The van der Waals surface area contributed by atoms with Crippen LogP contribution in [0.4, 0.5) is 0 Å². The molecule has 19 heavy (non-hydrogen) atoms. The van der Waals surface area contributed by atoms with Gasteiger partial charge >= 0.3 is 0 Å². The number of hydrogen-bond donors (Lipinski definition) is 1. The lowest BCUT2D eigenvalue weighted by molar-refractivity contribution is 0.0934. The molecule has 0 bridgehead atoms. The van der Waals surface area contributed by atoms with Crippen LogP contribution in [0.2, 0.25) is 5.15 Å². The average Bonchev–Trinajstić information content (AvgIpc) is 2.69. The molecule has 0 spiro atoms. The molecule has 2 heterocycles. The number of rotatable bonds is 3. The third kappa shape index (κ3) is 2.90. The summed E-state index contributed by atoms with van der Waals surface area (Å²) in [7, 11) is 0. The van der Waals surface area contributed by atoms with E-state index in [-0.39, 0.29) is 22.8 Å². The van der Waals surface area contributed by atoms with Crippen LogP contribution in [0.5, 0.6) is 0 Å². The minimum Gasteiger partial charge on any atom is -0.361 e. The minimum absolute atomic E-state index is 0.211. The van der Waals surface area contributed by atoms with Crippen molar-refractivity contribution in [1.29, 1.82) is 0 Å². The Labute approximate surface area is 115 Å². The Bertz CT molecular complexity index is 575. The van der Waals surface area contributed by atoms with E-state index in [1.54, 1.807) is 6.92 Å². The van der Waals surface area contributed by atoms with Crippen LogP contribution < -0.4 is 5.32 Å². The Morgan fingerprint density at radius 3 is 2.63 bits per heavy atom. The topological polar surface area (TPSA) is 80.9 Å². The molecule has 0 fully saturated rings. The molecule has 0 radical (unpaired) electrons. The van der Waals surface area contributed by atoms with Crippen LogP contribution in [-0.4, -0.2) is 21.0 Å². The zero-order chi connectivity index (χ0) is 14.0. The minimum atomic E-state index is -0.323. The van der Waals surface area contributed by atoms with Gasteiger partial charge in [-0.05, 0) is 20.8 Å². The lowest BCUT2D eigenvalue weighted by atomic mass is 10.1. The number of carbonyl (C=O) groups is 1. The first kappa shape index (κ1) is 13.5. The molecular formula is C12H13ClN4O2. The van der Waals surface area contributed by atoms with Gasteiger partial charge in [0.05, 0.1) is 24.1 Å². The normalized spacial score (nSPS) is 12.2. The monoisotopic (exact) mass is 280 g/mol.